The number of pyridine rings is 1. The molecule has 1 aliphatic heterocycles. The standard InChI is InChI=1S/C17H15ClN2O4/c1-23-16(21)10-24-14-7-13(8-19-9-14)20-5-4-11-6-12(18)2-3-15(11)17(20)22/h2-3,6-9H,4-5,10H2,1H3. The van der Waals surface area contributed by atoms with Crippen molar-refractivity contribution in [2.45, 2.75) is 6.42 Å². The molecule has 0 fully saturated rings. The van der Waals surface area contributed by atoms with Crippen LogP contribution in [0.5, 0.6) is 5.75 Å². The van der Waals surface area contributed by atoms with E-state index in [0.29, 0.717) is 35.0 Å². The molecule has 2 aromatic rings. The summed E-state index contributed by atoms with van der Waals surface area (Å²) in [5, 5.41) is 0.620. The number of hydrogen-bond acceptors (Lipinski definition) is 5. The first-order valence-electron chi connectivity index (χ1n) is 7.33. The van der Waals surface area contributed by atoms with E-state index in [4.69, 9.17) is 16.3 Å². The van der Waals surface area contributed by atoms with E-state index in [0.717, 1.165) is 5.56 Å². The van der Waals surface area contributed by atoms with Gasteiger partial charge in [-0.05, 0) is 30.2 Å². The van der Waals surface area contributed by atoms with Crippen molar-refractivity contribution in [3.05, 3.63) is 52.8 Å². The van der Waals surface area contributed by atoms with E-state index in [-0.39, 0.29) is 12.5 Å². The summed E-state index contributed by atoms with van der Waals surface area (Å²) in [4.78, 5) is 29.5. The Bertz CT molecular complexity index is 794. The van der Waals surface area contributed by atoms with Gasteiger partial charge in [0.25, 0.3) is 5.91 Å². The summed E-state index contributed by atoms with van der Waals surface area (Å²) in [6, 6.07) is 6.93. The number of carbonyl (C=O) groups excluding carboxylic acids is 2. The molecule has 7 heteroatoms. The van der Waals surface area contributed by atoms with E-state index < -0.39 is 5.97 Å². The van der Waals surface area contributed by atoms with Crippen molar-refractivity contribution in [2.24, 2.45) is 0 Å². The number of carbonyl (C=O) groups is 2. The molecule has 0 bridgehead atoms. The van der Waals surface area contributed by atoms with E-state index in [1.807, 2.05) is 6.07 Å². The molecule has 0 radical (unpaired) electrons. The molecule has 1 aromatic heterocycles. The van der Waals surface area contributed by atoms with Gasteiger partial charge in [0.15, 0.2) is 6.61 Å². The molecule has 0 saturated carbocycles. The highest BCUT2D eigenvalue weighted by atomic mass is 35.5. The number of ether oxygens (including phenoxy) is 2. The average molecular weight is 347 g/mol. The molecule has 0 atom stereocenters. The molecule has 0 aliphatic carbocycles. The Morgan fingerprint density at radius 2 is 2.17 bits per heavy atom. The van der Waals surface area contributed by atoms with Crippen molar-refractivity contribution >= 4 is 29.2 Å². The topological polar surface area (TPSA) is 68.7 Å². The first-order valence-corrected chi connectivity index (χ1v) is 7.71. The van der Waals surface area contributed by atoms with Crippen molar-refractivity contribution in [2.75, 3.05) is 25.2 Å². The number of benzene rings is 1. The summed E-state index contributed by atoms with van der Waals surface area (Å²) < 4.78 is 9.84. The van der Waals surface area contributed by atoms with Gasteiger partial charge in [-0.15, -0.1) is 0 Å². The maximum atomic E-state index is 12.7. The zero-order valence-corrected chi connectivity index (χ0v) is 13.7. The van der Waals surface area contributed by atoms with E-state index in [9.17, 15) is 9.59 Å². The highest BCUT2D eigenvalue weighted by Crippen LogP contribution is 2.28. The maximum absolute atomic E-state index is 12.7. The molecule has 1 amide bonds. The van der Waals surface area contributed by atoms with E-state index in [1.54, 1.807) is 29.3 Å². The Morgan fingerprint density at radius 1 is 1.33 bits per heavy atom. The molecule has 0 saturated heterocycles. The summed E-state index contributed by atoms with van der Waals surface area (Å²) in [6.07, 6.45) is 3.77. The van der Waals surface area contributed by atoms with Gasteiger partial charge in [0, 0.05) is 23.2 Å². The number of fused-ring (bicyclic) bond motifs is 1. The zero-order chi connectivity index (χ0) is 17.1. The van der Waals surface area contributed by atoms with E-state index in [2.05, 4.69) is 9.72 Å². The second-order valence-electron chi connectivity index (χ2n) is 5.25. The Hall–Kier alpha value is -2.60. The fourth-order valence-electron chi connectivity index (χ4n) is 2.54. The van der Waals surface area contributed by atoms with Gasteiger partial charge in [-0.1, -0.05) is 11.6 Å². The van der Waals surface area contributed by atoms with Crippen LogP contribution >= 0.6 is 11.6 Å². The van der Waals surface area contributed by atoms with Gasteiger partial charge in [-0.2, -0.15) is 0 Å². The van der Waals surface area contributed by atoms with Gasteiger partial charge in [0.05, 0.1) is 25.2 Å². The second kappa shape index (κ2) is 6.88. The van der Waals surface area contributed by atoms with Gasteiger partial charge in [-0.3, -0.25) is 9.78 Å². The largest absolute Gasteiger partial charge is 0.480 e. The van der Waals surface area contributed by atoms with Crippen LogP contribution in [-0.4, -0.2) is 37.1 Å². The van der Waals surface area contributed by atoms with Crippen molar-refractivity contribution in [3.8, 4) is 5.75 Å². The molecule has 124 valence electrons. The number of nitrogens with zero attached hydrogens (tertiary/aromatic N) is 2. The highest BCUT2D eigenvalue weighted by molar-refractivity contribution is 6.30. The van der Waals surface area contributed by atoms with Crippen molar-refractivity contribution in [1.29, 1.82) is 0 Å². The Balaban J connectivity index is 1.81. The summed E-state index contributed by atoms with van der Waals surface area (Å²) in [5.41, 5.74) is 2.18. The molecular formula is C17H15ClN2O4. The second-order valence-corrected chi connectivity index (χ2v) is 5.69. The SMILES string of the molecule is COC(=O)COc1cncc(N2CCc3cc(Cl)ccc3C2=O)c1. The molecule has 0 N–H and O–H groups in total. The maximum Gasteiger partial charge on any atom is 0.343 e. The van der Waals surface area contributed by atoms with Crippen LogP contribution < -0.4 is 9.64 Å². The van der Waals surface area contributed by atoms with Crippen molar-refractivity contribution in [3.63, 3.8) is 0 Å². The van der Waals surface area contributed by atoms with Crippen LogP contribution in [0.25, 0.3) is 0 Å². The van der Waals surface area contributed by atoms with Gasteiger partial charge < -0.3 is 14.4 Å². The normalized spacial score (nSPS) is 13.4. The average Bonchev–Trinajstić information content (AvgIpc) is 2.60. The number of rotatable bonds is 4. The smallest absolute Gasteiger partial charge is 0.343 e. The Kier molecular flexibility index (Phi) is 4.66. The van der Waals surface area contributed by atoms with Crippen LogP contribution in [0, 0.1) is 0 Å². The van der Waals surface area contributed by atoms with Gasteiger partial charge in [0.1, 0.15) is 5.75 Å². The number of halogens is 1. The lowest BCUT2D eigenvalue weighted by Crippen LogP contribution is -2.37. The third kappa shape index (κ3) is 3.33. The van der Waals surface area contributed by atoms with E-state index in [1.165, 1.54) is 13.3 Å². The molecular weight excluding hydrogens is 332 g/mol. The number of hydrogen-bond donors (Lipinski definition) is 0. The highest BCUT2D eigenvalue weighted by Gasteiger charge is 2.26. The summed E-state index contributed by atoms with van der Waals surface area (Å²) in [6.45, 7) is 0.311. The number of anilines is 1. The number of esters is 1. The third-order valence-electron chi connectivity index (χ3n) is 3.74. The molecule has 2 heterocycles. The van der Waals surface area contributed by atoms with Crippen molar-refractivity contribution < 1.29 is 19.1 Å². The summed E-state index contributed by atoms with van der Waals surface area (Å²) in [5.74, 6) is -0.201. The predicted molar refractivity (Wildman–Crippen MR) is 88.6 cm³/mol. The zero-order valence-electron chi connectivity index (χ0n) is 13.0. The van der Waals surface area contributed by atoms with Crippen LogP contribution in [0.15, 0.2) is 36.7 Å². The van der Waals surface area contributed by atoms with Crippen LogP contribution in [0.4, 0.5) is 5.69 Å². The number of amides is 1. The third-order valence-corrected chi connectivity index (χ3v) is 3.98. The molecule has 0 spiro atoms. The Morgan fingerprint density at radius 3 is 2.96 bits per heavy atom. The molecule has 1 aromatic carbocycles. The molecule has 3 rings (SSSR count). The summed E-state index contributed by atoms with van der Waals surface area (Å²) >= 11 is 5.98. The lowest BCUT2D eigenvalue weighted by atomic mass is 9.99. The molecule has 6 nitrogen and oxygen atoms in total. The lowest BCUT2D eigenvalue weighted by Gasteiger charge is -2.28. The fraction of sp³-hybridized carbons (Fsp3) is 0.235. The first-order chi connectivity index (χ1) is 11.6. The first kappa shape index (κ1) is 16.3. The van der Waals surface area contributed by atoms with Gasteiger partial charge in [0.2, 0.25) is 0 Å². The Labute approximate surface area is 144 Å². The molecule has 0 unspecified atom stereocenters. The minimum absolute atomic E-state index is 0.111. The quantitative estimate of drug-likeness (QED) is 0.795. The van der Waals surface area contributed by atoms with Gasteiger partial charge in [-0.25, -0.2) is 4.79 Å². The predicted octanol–water partition coefficient (Wildman–Crippen LogP) is 2.49. The van der Waals surface area contributed by atoms with Gasteiger partial charge >= 0.3 is 5.97 Å². The minimum atomic E-state index is -0.486. The van der Waals surface area contributed by atoms with Crippen LogP contribution in [-0.2, 0) is 16.0 Å². The van der Waals surface area contributed by atoms with E-state index >= 15 is 0 Å². The number of methoxy groups -OCH3 is 1. The number of aromatic nitrogens is 1. The lowest BCUT2D eigenvalue weighted by molar-refractivity contribution is -0.142. The summed E-state index contributed by atoms with van der Waals surface area (Å²) in [7, 11) is 1.29. The molecule has 1 aliphatic rings. The van der Waals surface area contributed by atoms with Crippen LogP contribution in [0.3, 0.4) is 0 Å². The van der Waals surface area contributed by atoms with Crippen molar-refractivity contribution in [1.82, 2.24) is 4.98 Å². The fourth-order valence-corrected chi connectivity index (χ4v) is 2.73. The monoisotopic (exact) mass is 346 g/mol. The molecule has 24 heavy (non-hydrogen) atoms. The van der Waals surface area contributed by atoms with Crippen LogP contribution in [0.2, 0.25) is 5.02 Å². The van der Waals surface area contributed by atoms with Crippen LogP contribution in [0.1, 0.15) is 15.9 Å². The minimum Gasteiger partial charge on any atom is -0.480 e.